The molecule has 0 aromatic carbocycles. The Morgan fingerprint density at radius 1 is 1.44 bits per heavy atom. The number of rotatable bonds is 3. The molecule has 0 amide bonds. The summed E-state index contributed by atoms with van der Waals surface area (Å²) >= 11 is 1.69. The van der Waals surface area contributed by atoms with Gasteiger partial charge in [0.05, 0.1) is 6.54 Å². The molecule has 0 aliphatic carbocycles. The Morgan fingerprint density at radius 3 is 2.56 bits per heavy atom. The van der Waals surface area contributed by atoms with Crippen LogP contribution in [0, 0.1) is 6.92 Å². The van der Waals surface area contributed by atoms with E-state index in [4.69, 9.17) is 0 Å². The van der Waals surface area contributed by atoms with Crippen LogP contribution in [0.2, 0.25) is 0 Å². The fourth-order valence-corrected chi connectivity index (χ4v) is 2.00. The lowest BCUT2D eigenvalue weighted by Crippen LogP contribution is -2.47. The molecule has 18 heavy (non-hydrogen) atoms. The van der Waals surface area contributed by atoms with E-state index in [9.17, 15) is 0 Å². The fraction of sp³-hybridized carbons (Fsp3) is 0.667. The first-order valence-corrected chi connectivity index (χ1v) is 6.70. The molecule has 0 aliphatic heterocycles. The maximum absolute atomic E-state index is 4.52. The molecule has 4 nitrogen and oxygen atoms in total. The highest BCUT2D eigenvalue weighted by Gasteiger charge is 2.11. The molecule has 0 saturated carbocycles. The van der Waals surface area contributed by atoms with Crippen molar-refractivity contribution < 1.29 is 0 Å². The monoisotopic (exact) mass is 382 g/mol. The highest BCUT2D eigenvalue weighted by molar-refractivity contribution is 14.0. The van der Waals surface area contributed by atoms with Crippen LogP contribution >= 0.6 is 35.3 Å². The topological polar surface area (TPSA) is 49.3 Å². The van der Waals surface area contributed by atoms with Gasteiger partial charge in [0, 0.05) is 23.2 Å². The van der Waals surface area contributed by atoms with Crippen LogP contribution < -0.4 is 10.6 Å². The van der Waals surface area contributed by atoms with Gasteiger partial charge in [0.25, 0.3) is 0 Å². The van der Waals surface area contributed by atoms with Crippen molar-refractivity contribution in [1.29, 1.82) is 0 Å². The zero-order valence-electron chi connectivity index (χ0n) is 11.7. The standard InChI is InChI=1S/C12H22N4S.HI/c1-6-13-11(16-12(3,4)5)15-8-10-14-7-9(2)17-10;/h7H,6,8H2,1-5H3,(H2,13,15,16);1H. The summed E-state index contributed by atoms with van der Waals surface area (Å²) in [4.78, 5) is 10.1. The Balaban J connectivity index is 0.00000289. The van der Waals surface area contributed by atoms with E-state index in [0.29, 0.717) is 6.54 Å². The molecule has 0 spiro atoms. The van der Waals surface area contributed by atoms with Crippen LogP contribution in [0.25, 0.3) is 0 Å². The highest BCUT2D eigenvalue weighted by atomic mass is 127. The third-order valence-electron chi connectivity index (χ3n) is 1.88. The van der Waals surface area contributed by atoms with Gasteiger partial charge < -0.3 is 10.6 Å². The summed E-state index contributed by atoms with van der Waals surface area (Å²) in [6, 6.07) is 0. The predicted molar refractivity (Wildman–Crippen MR) is 90.0 cm³/mol. The lowest BCUT2D eigenvalue weighted by Gasteiger charge is -2.23. The molecule has 1 heterocycles. The van der Waals surface area contributed by atoms with Crippen molar-refractivity contribution >= 4 is 41.3 Å². The van der Waals surface area contributed by atoms with Crippen LogP contribution in [0.5, 0.6) is 0 Å². The summed E-state index contributed by atoms with van der Waals surface area (Å²) in [5, 5.41) is 7.63. The van der Waals surface area contributed by atoms with Crippen LogP contribution in [0.1, 0.15) is 37.6 Å². The molecule has 1 rings (SSSR count). The zero-order chi connectivity index (χ0) is 12.9. The Morgan fingerprint density at radius 2 is 2.11 bits per heavy atom. The molecule has 1 aromatic heterocycles. The molecular weight excluding hydrogens is 359 g/mol. The zero-order valence-corrected chi connectivity index (χ0v) is 14.8. The van der Waals surface area contributed by atoms with E-state index in [0.717, 1.165) is 17.5 Å². The van der Waals surface area contributed by atoms with Gasteiger partial charge in [0.1, 0.15) is 5.01 Å². The maximum Gasteiger partial charge on any atom is 0.192 e. The van der Waals surface area contributed by atoms with Gasteiger partial charge in [0.15, 0.2) is 5.96 Å². The normalized spacial score (nSPS) is 11.9. The van der Waals surface area contributed by atoms with Crippen LogP contribution in [-0.2, 0) is 6.54 Å². The molecule has 2 N–H and O–H groups in total. The average molecular weight is 382 g/mol. The average Bonchev–Trinajstić information content (AvgIpc) is 2.59. The van der Waals surface area contributed by atoms with Crippen LogP contribution in [0.15, 0.2) is 11.2 Å². The molecule has 0 bridgehead atoms. The minimum Gasteiger partial charge on any atom is -0.357 e. The number of aromatic nitrogens is 1. The van der Waals surface area contributed by atoms with Gasteiger partial charge in [-0.25, -0.2) is 9.98 Å². The molecule has 0 saturated heterocycles. The van der Waals surface area contributed by atoms with Crippen LogP contribution in [0.4, 0.5) is 0 Å². The second kappa shape index (κ2) is 7.93. The molecule has 1 aromatic rings. The molecule has 0 unspecified atom stereocenters. The van der Waals surface area contributed by atoms with E-state index < -0.39 is 0 Å². The highest BCUT2D eigenvalue weighted by Crippen LogP contribution is 2.11. The summed E-state index contributed by atoms with van der Waals surface area (Å²) in [7, 11) is 0. The summed E-state index contributed by atoms with van der Waals surface area (Å²) in [6.07, 6.45) is 1.89. The first-order valence-electron chi connectivity index (χ1n) is 5.88. The third kappa shape index (κ3) is 7.15. The number of aliphatic imine (C=N–C) groups is 1. The van der Waals surface area contributed by atoms with E-state index in [1.54, 1.807) is 11.3 Å². The third-order valence-corrected chi connectivity index (χ3v) is 2.78. The van der Waals surface area contributed by atoms with Gasteiger partial charge in [-0.2, -0.15) is 0 Å². The number of hydrogen-bond donors (Lipinski definition) is 2. The van der Waals surface area contributed by atoms with E-state index in [1.165, 1.54) is 4.88 Å². The number of thiazole rings is 1. The second-order valence-electron chi connectivity index (χ2n) is 4.93. The number of aryl methyl sites for hydroxylation is 1. The van der Waals surface area contributed by atoms with Gasteiger partial charge in [0.2, 0.25) is 0 Å². The van der Waals surface area contributed by atoms with Crippen molar-refractivity contribution in [2.45, 2.75) is 46.7 Å². The molecular formula is C12H23IN4S. The predicted octanol–water partition coefficient (Wildman–Crippen LogP) is 2.92. The summed E-state index contributed by atoms with van der Waals surface area (Å²) < 4.78 is 0. The van der Waals surface area contributed by atoms with Gasteiger partial charge in [-0.15, -0.1) is 35.3 Å². The molecule has 0 aliphatic rings. The summed E-state index contributed by atoms with van der Waals surface area (Å²) in [6.45, 7) is 12.0. The molecule has 0 radical (unpaired) electrons. The van der Waals surface area contributed by atoms with E-state index in [-0.39, 0.29) is 29.5 Å². The molecule has 104 valence electrons. The van der Waals surface area contributed by atoms with Crippen molar-refractivity contribution in [3.8, 4) is 0 Å². The van der Waals surface area contributed by atoms with Crippen LogP contribution in [0.3, 0.4) is 0 Å². The number of nitrogens with one attached hydrogen (secondary N) is 2. The quantitative estimate of drug-likeness (QED) is 0.480. The van der Waals surface area contributed by atoms with Crippen molar-refractivity contribution in [3.63, 3.8) is 0 Å². The van der Waals surface area contributed by atoms with Crippen molar-refractivity contribution in [1.82, 2.24) is 15.6 Å². The summed E-state index contributed by atoms with van der Waals surface area (Å²) in [5.74, 6) is 0.841. The number of hydrogen-bond acceptors (Lipinski definition) is 3. The lowest BCUT2D eigenvalue weighted by atomic mass is 10.1. The van der Waals surface area contributed by atoms with Crippen molar-refractivity contribution in [2.75, 3.05) is 6.54 Å². The lowest BCUT2D eigenvalue weighted by molar-refractivity contribution is 0.501. The molecule has 6 heteroatoms. The van der Waals surface area contributed by atoms with Gasteiger partial charge in [-0.1, -0.05) is 0 Å². The smallest absolute Gasteiger partial charge is 0.192 e. The minimum atomic E-state index is 0. The van der Waals surface area contributed by atoms with E-state index in [1.807, 2.05) is 6.20 Å². The number of guanidine groups is 1. The van der Waals surface area contributed by atoms with Crippen LogP contribution in [-0.4, -0.2) is 23.0 Å². The van der Waals surface area contributed by atoms with E-state index in [2.05, 4.69) is 55.2 Å². The van der Waals surface area contributed by atoms with Crippen molar-refractivity contribution in [2.24, 2.45) is 4.99 Å². The maximum atomic E-state index is 4.52. The van der Waals surface area contributed by atoms with Gasteiger partial charge in [-0.3, -0.25) is 0 Å². The SMILES string of the molecule is CCNC(=NCc1ncc(C)s1)NC(C)(C)C.I. The Kier molecular flexibility index (Phi) is 7.77. The van der Waals surface area contributed by atoms with Crippen molar-refractivity contribution in [3.05, 3.63) is 16.1 Å². The minimum absolute atomic E-state index is 0. The van der Waals surface area contributed by atoms with Gasteiger partial charge in [-0.05, 0) is 34.6 Å². The Bertz CT molecular complexity index is 382. The largest absolute Gasteiger partial charge is 0.357 e. The van der Waals surface area contributed by atoms with E-state index >= 15 is 0 Å². The number of halogens is 1. The fourth-order valence-electron chi connectivity index (χ4n) is 1.28. The molecule has 0 fully saturated rings. The van der Waals surface area contributed by atoms with Gasteiger partial charge >= 0.3 is 0 Å². The summed E-state index contributed by atoms with van der Waals surface area (Å²) in [5.41, 5.74) is 0.0137. The Hall–Kier alpha value is -0.370. The Labute approximate surface area is 131 Å². The first-order chi connectivity index (χ1) is 7.90. The number of nitrogens with zero attached hydrogens (tertiary/aromatic N) is 2. The first kappa shape index (κ1) is 17.6. The second-order valence-corrected chi connectivity index (χ2v) is 6.25. The molecule has 0 atom stereocenters.